The van der Waals surface area contributed by atoms with Crippen LogP contribution in [0.2, 0.25) is 10.0 Å². The SMILES string of the molecule is CC(=O)N1CCC(Cn2c(=O)n(C)c(=O)c3c2nc(-c2ccccc2Cl)n3-c2ccc(Cl)cc2)CC1. The van der Waals surface area contributed by atoms with Crippen molar-refractivity contribution in [3.05, 3.63) is 79.4 Å². The van der Waals surface area contributed by atoms with Crippen molar-refractivity contribution in [3.8, 4) is 17.1 Å². The first kappa shape index (κ1) is 24.3. The van der Waals surface area contributed by atoms with Crippen LogP contribution in [-0.2, 0) is 18.4 Å². The summed E-state index contributed by atoms with van der Waals surface area (Å²) in [6.07, 6.45) is 1.54. The minimum absolute atomic E-state index is 0.0567. The third kappa shape index (κ3) is 4.24. The van der Waals surface area contributed by atoms with E-state index in [9.17, 15) is 14.4 Å². The highest BCUT2D eigenvalue weighted by atomic mass is 35.5. The van der Waals surface area contributed by atoms with Crippen LogP contribution in [0, 0.1) is 5.92 Å². The molecule has 0 saturated carbocycles. The fourth-order valence-electron chi connectivity index (χ4n) is 4.82. The smallest absolute Gasteiger partial charge is 0.332 e. The summed E-state index contributed by atoms with van der Waals surface area (Å²) in [7, 11) is 1.48. The molecule has 36 heavy (non-hydrogen) atoms. The van der Waals surface area contributed by atoms with Gasteiger partial charge < -0.3 is 4.90 Å². The molecule has 0 atom stereocenters. The molecule has 0 aliphatic carbocycles. The maximum atomic E-state index is 13.5. The third-order valence-corrected chi connectivity index (χ3v) is 7.42. The molecule has 1 aliphatic heterocycles. The molecule has 1 fully saturated rings. The summed E-state index contributed by atoms with van der Waals surface area (Å²) in [5.74, 6) is 0.686. The lowest BCUT2D eigenvalue weighted by Crippen LogP contribution is -2.42. The number of hydrogen-bond donors (Lipinski definition) is 0. The summed E-state index contributed by atoms with van der Waals surface area (Å²) in [5, 5.41) is 1.04. The van der Waals surface area contributed by atoms with Gasteiger partial charge in [-0.15, -0.1) is 0 Å². The summed E-state index contributed by atoms with van der Waals surface area (Å²) in [6.45, 7) is 3.26. The molecule has 4 aromatic rings. The maximum Gasteiger partial charge on any atom is 0.332 e. The van der Waals surface area contributed by atoms with E-state index >= 15 is 0 Å². The number of aromatic nitrogens is 4. The number of fused-ring (bicyclic) bond motifs is 1. The Morgan fingerprint density at radius 3 is 2.33 bits per heavy atom. The molecule has 5 rings (SSSR count). The molecule has 2 aromatic carbocycles. The molecular formula is C26H25Cl2N5O3. The molecule has 3 heterocycles. The maximum absolute atomic E-state index is 13.5. The molecule has 0 radical (unpaired) electrons. The lowest BCUT2D eigenvalue weighted by molar-refractivity contribution is -0.130. The Kier molecular flexibility index (Phi) is 6.49. The van der Waals surface area contributed by atoms with Gasteiger partial charge in [-0.25, -0.2) is 9.78 Å². The lowest BCUT2D eigenvalue weighted by Gasteiger charge is -2.31. The molecule has 0 bridgehead atoms. The van der Waals surface area contributed by atoms with Gasteiger partial charge in [0.2, 0.25) is 5.91 Å². The van der Waals surface area contributed by atoms with E-state index in [0.717, 1.165) is 17.4 Å². The van der Waals surface area contributed by atoms with Crippen molar-refractivity contribution in [2.75, 3.05) is 13.1 Å². The van der Waals surface area contributed by atoms with E-state index in [-0.39, 0.29) is 17.3 Å². The number of nitrogens with zero attached hydrogens (tertiary/aromatic N) is 5. The summed E-state index contributed by atoms with van der Waals surface area (Å²) in [6, 6.07) is 14.3. The summed E-state index contributed by atoms with van der Waals surface area (Å²) < 4.78 is 4.44. The van der Waals surface area contributed by atoms with Crippen molar-refractivity contribution >= 4 is 40.3 Å². The minimum Gasteiger partial charge on any atom is -0.343 e. The van der Waals surface area contributed by atoms with Gasteiger partial charge in [0, 0.05) is 49.9 Å². The molecule has 8 nitrogen and oxygen atoms in total. The third-order valence-electron chi connectivity index (χ3n) is 6.84. The van der Waals surface area contributed by atoms with E-state index in [1.54, 1.807) is 46.4 Å². The number of rotatable bonds is 4. The molecule has 0 unspecified atom stereocenters. The van der Waals surface area contributed by atoms with Gasteiger partial charge in [0.15, 0.2) is 11.2 Å². The normalized spacial score (nSPS) is 14.5. The Balaban J connectivity index is 1.74. The minimum atomic E-state index is -0.446. The van der Waals surface area contributed by atoms with Crippen molar-refractivity contribution in [2.24, 2.45) is 13.0 Å². The van der Waals surface area contributed by atoms with Crippen molar-refractivity contribution in [2.45, 2.75) is 26.3 Å². The van der Waals surface area contributed by atoms with Crippen molar-refractivity contribution in [3.63, 3.8) is 0 Å². The van der Waals surface area contributed by atoms with Crippen molar-refractivity contribution < 1.29 is 4.79 Å². The highest BCUT2D eigenvalue weighted by Gasteiger charge is 2.26. The van der Waals surface area contributed by atoms with Gasteiger partial charge >= 0.3 is 5.69 Å². The second kappa shape index (κ2) is 9.59. The quantitative estimate of drug-likeness (QED) is 0.401. The van der Waals surface area contributed by atoms with Crippen LogP contribution in [0.1, 0.15) is 19.8 Å². The first-order chi connectivity index (χ1) is 17.3. The monoisotopic (exact) mass is 525 g/mol. The van der Waals surface area contributed by atoms with Gasteiger partial charge in [0.05, 0.1) is 5.02 Å². The van der Waals surface area contributed by atoms with E-state index in [2.05, 4.69) is 0 Å². The molecule has 0 N–H and O–H groups in total. The van der Waals surface area contributed by atoms with E-state index in [0.29, 0.717) is 52.4 Å². The number of hydrogen-bond acceptors (Lipinski definition) is 4. The van der Waals surface area contributed by atoms with Crippen LogP contribution >= 0.6 is 23.2 Å². The van der Waals surface area contributed by atoms with Gasteiger partial charge in [0.25, 0.3) is 5.56 Å². The Morgan fingerprint density at radius 1 is 1.03 bits per heavy atom. The number of carbonyl (C=O) groups excluding carboxylic acids is 1. The first-order valence-electron chi connectivity index (χ1n) is 11.7. The van der Waals surface area contributed by atoms with E-state index < -0.39 is 11.2 Å². The highest BCUT2D eigenvalue weighted by Crippen LogP contribution is 2.32. The van der Waals surface area contributed by atoms with Gasteiger partial charge in [-0.2, -0.15) is 0 Å². The van der Waals surface area contributed by atoms with Crippen molar-refractivity contribution in [1.29, 1.82) is 0 Å². The van der Waals surface area contributed by atoms with Crippen LogP contribution in [0.5, 0.6) is 0 Å². The van der Waals surface area contributed by atoms with Crippen LogP contribution in [0.15, 0.2) is 58.1 Å². The number of benzene rings is 2. The Labute approximate surface area is 217 Å². The molecule has 1 amide bonds. The zero-order valence-electron chi connectivity index (χ0n) is 19.9. The first-order valence-corrected chi connectivity index (χ1v) is 12.5. The van der Waals surface area contributed by atoms with Gasteiger partial charge in [-0.3, -0.25) is 23.3 Å². The Bertz CT molecular complexity index is 1580. The number of carbonyl (C=O) groups is 1. The topological polar surface area (TPSA) is 82.1 Å². The zero-order valence-corrected chi connectivity index (χ0v) is 21.5. The number of amides is 1. The van der Waals surface area contributed by atoms with E-state index in [4.69, 9.17) is 28.2 Å². The predicted octanol–water partition coefficient (Wildman–Crippen LogP) is 4.12. The fourth-order valence-corrected chi connectivity index (χ4v) is 5.17. The van der Waals surface area contributed by atoms with Gasteiger partial charge in [0.1, 0.15) is 5.82 Å². The average molecular weight is 526 g/mol. The summed E-state index contributed by atoms with van der Waals surface area (Å²) in [4.78, 5) is 45.2. The molecule has 1 aliphatic rings. The second-order valence-corrected chi connectivity index (χ2v) is 9.95. The second-order valence-electron chi connectivity index (χ2n) is 9.11. The molecule has 186 valence electrons. The van der Waals surface area contributed by atoms with E-state index in [1.807, 2.05) is 23.1 Å². The lowest BCUT2D eigenvalue weighted by atomic mass is 9.96. The number of halogens is 2. The largest absolute Gasteiger partial charge is 0.343 e. The number of imidazole rings is 1. The summed E-state index contributed by atoms with van der Waals surface area (Å²) >= 11 is 12.7. The summed E-state index contributed by atoms with van der Waals surface area (Å²) in [5.41, 5.74) is 1.04. The molecular weight excluding hydrogens is 501 g/mol. The Hall–Kier alpha value is -3.36. The van der Waals surface area contributed by atoms with Crippen LogP contribution < -0.4 is 11.2 Å². The van der Waals surface area contributed by atoms with Crippen LogP contribution in [-0.4, -0.2) is 42.6 Å². The van der Waals surface area contributed by atoms with Crippen LogP contribution in [0.4, 0.5) is 0 Å². The van der Waals surface area contributed by atoms with Gasteiger partial charge in [-0.1, -0.05) is 35.3 Å². The molecule has 0 spiro atoms. The van der Waals surface area contributed by atoms with E-state index in [1.165, 1.54) is 7.05 Å². The van der Waals surface area contributed by atoms with Crippen LogP contribution in [0.3, 0.4) is 0 Å². The number of piperidine rings is 1. The Morgan fingerprint density at radius 2 is 1.69 bits per heavy atom. The predicted molar refractivity (Wildman–Crippen MR) is 141 cm³/mol. The fraction of sp³-hybridized carbons (Fsp3) is 0.308. The molecule has 10 heteroatoms. The molecule has 1 saturated heterocycles. The van der Waals surface area contributed by atoms with Gasteiger partial charge in [-0.05, 0) is 55.2 Å². The molecule has 2 aromatic heterocycles. The standard InChI is InChI=1S/C26H25Cl2N5O3/c1-16(34)31-13-11-17(12-14-31)15-32-24-22(25(35)30(2)26(32)36)33(19-9-7-18(27)8-10-19)23(29-24)20-5-3-4-6-21(20)28/h3-10,17H,11-15H2,1-2H3. The number of likely N-dealkylation sites (tertiary alicyclic amines) is 1. The van der Waals surface area contributed by atoms with Crippen molar-refractivity contribution in [1.82, 2.24) is 23.6 Å². The average Bonchev–Trinajstić information content (AvgIpc) is 3.26. The highest BCUT2D eigenvalue weighted by molar-refractivity contribution is 6.33. The van der Waals surface area contributed by atoms with Crippen LogP contribution in [0.25, 0.3) is 28.2 Å². The zero-order chi connectivity index (χ0) is 25.6.